The third-order valence-corrected chi connectivity index (χ3v) is 2.87. The topological polar surface area (TPSA) is 35.2 Å². The van der Waals surface area contributed by atoms with Crippen LogP contribution >= 0.6 is 23.2 Å². The van der Waals surface area contributed by atoms with E-state index in [1.807, 2.05) is 18.2 Å². The van der Waals surface area contributed by atoms with E-state index in [9.17, 15) is 0 Å². The highest BCUT2D eigenvalue weighted by Crippen LogP contribution is 2.24. The van der Waals surface area contributed by atoms with Crippen molar-refractivity contribution in [3.63, 3.8) is 0 Å². The van der Waals surface area contributed by atoms with Gasteiger partial charge in [0.15, 0.2) is 0 Å². The molecule has 0 aliphatic carbocycles. The van der Waals surface area contributed by atoms with Gasteiger partial charge in [-0.25, -0.2) is 0 Å². The van der Waals surface area contributed by atoms with Crippen LogP contribution in [-0.4, -0.2) is 12.6 Å². The molecule has 1 atom stereocenters. The molecule has 2 nitrogen and oxygen atoms in total. The number of benzene rings is 1. The Bertz CT molecular complexity index is 380. The first kappa shape index (κ1) is 14.4. The van der Waals surface area contributed by atoms with Crippen LogP contribution in [0.4, 0.5) is 0 Å². The molecule has 0 fully saturated rings. The summed E-state index contributed by atoms with van der Waals surface area (Å²) in [6, 6.07) is 5.70. The summed E-state index contributed by atoms with van der Waals surface area (Å²) in [5.74, 6) is 0.813. The molecule has 17 heavy (non-hydrogen) atoms. The lowest BCUT2D eigenvalue weighted by Crippen LogP contribution is -2.21. The number of ether oxygens (including phenoxy) is 1. The number of hydrogen-bond donors (Lipinski definition) is 1. The minimum atomic E-state index is 0.124. The first-order chi connectivity index (χ1) is 8.17. The predicted molar refractivity (Wildman–Crippen MR) is 73.9 cm³/mol. The summed E-state index contributed by atoms with van der Waals surface area (Å²) < 4.78 is 5.59. The molecular formula is C13H17Cl2NO. The lowest BCUT2D eigenvalue weighted by molar-refractivity contribution is 0.357. The van der Waals surface area contributed by atoms with Crippen LogP contribution in [0.25, 0.3) is 0 Å². The van der Waals surface area contributed by atoms with Crippen LogP contribution in [0, 0.1) is 0 Å². The van der Waals surface area contributed by atoms with Gasteiger partial charge >= 0.3 is 0 Å². The molecular weight excluding hydrogens is 257 g/mol. The second kappa shape index (κ2) is 7.59. The minimum Gasteiger partial charge on any atom is -0.489 e. The highest BCUT2D eigenvalue weighted by Gasteiger charge is 2.08. The van der Waals surface area contributed by atoms with Gasteiger partial charge in [0.25, 0.3) is 0 Å². The van der Waals surface area contributed by atoms with Crippen LogP contribution in [0.1, 0.15) is 18.9 Å². The molecule has 0 heterocycles. The molecule has 0 amide bonds. The van der Waals surface area contributed by atoms with Gasteiger partial charge in [0.05, 0.1) is 0 Å². The van der Waals surface area contributed by atoms with Crippen molar-refractivity contribution in [2.45, 2.75) is 25.8 Å². The molecule has 1 aromatic carbocycles. The molecule has 4 heteroatoms. The molecule has 1 unspecified atom stereocenters. The molecule has 0 saturated heterocycles. The molecule has 1 rings (SSSR count). The van der Waals surface area contributed by atoms with Crippen molar-refractivity contribution in [2.75, 3.05) is 6.61 Å². The summed E-state index contributed by atoms with van der Waals surface area (Å²) in [4.78, 5) is 0. The predicted octanol–water partition coefficient (Wildman–Crippen LogP) is 3.75. The molecule has 0 bridgehead atoms. The maximum absolute atomic E-state index is 5.97. The average molecular weight is 274 g/mol. The first-order valence-electron chi connectivity index (χ1n) is 5.59. The Morgan fingerprint density at radius 2 is 2.24 bits per heavy atom. The van der Waals surface area contributed by atoms with Crippen molar-refractivity contribution < 1.29 is 4.74 Å². The minimum absolute atomic E-state index is 0.124. The second-order valence-electron chi connectivity index (χ2n) is 3.80. The summed E-state index contributed by atoms with van der Waals surface area (Å²) in [5.41, 5.74) is 8.42. The summed E-state index contributed by atoms with van der Waals surface area (Å²) in [5, 5.41) is 0.698. The molecule has 0 saturated carbocycles. The third kappa shape index (κ3) is 4.99. The Kier molecular flexibility index (Phi) is 6.41. The molecule has 94 valence electrons. The third-order valence-electron chi connectivity index (χ3n) is 2.45. The van der Waals surface area contributed by atoms with E-state index in [-0.39, 0.29) is 6.04 Å². The Labute approximate surface area is 112 Å². The maximum Gasteiger partial charge on any atom is 0.123 e. The molecule has 0 spiro atoms. The van der Waals surface area contributed by atoms with Crippen molar-refractivity contribution in [3.05, 3.63) is 40.4 Å². The van der Waals surface area contributed by atoms with E-state index < -0.39 is 0 Å². The lowest BCUT2D eigenvalue weighted by atomic mass is 10.0. The zero-order chi connectivity index (χ0) is 12.7. The molecule has 1 aromatic rings. The number of hydrogen-bond acceptors (Lipinski definition) is 2. The largest absolute Gasteiger partial charge is 0.489 e. The van der Waals surface area contributed by atoms with Gasteiger partial charge in [-0.3, -0.25) is 0 Å². The Morgan fingerprint density at radius 1 is 1.47 bits per heavy atom. The van der Waals surface area contributed by atoms with Crippen LogP contribution in [0.2, 0.25) is 5.02 Å². The summed E-state index contributed by atoms with van der Waals surface area (Å²) in [6.07, 6.45) is 3.42. The van der Waals surface area contributed by atoms with Gasteiger partial charge in [-0.15, -0.1) is 0 Å². The van der Waals surface area contributed by atoms with Gasteiger partial charge in [-0.05, 0) is 42.7 Å². The fourth-order valence-corrected chi connectivity index (χ4v) is 1.72. The van der Waals surface area contributed by atoms with Crippen LogP contribution in [0.3, 0.4) is 0 Å². The quantitative estimate of drug-likeness (QED) is 0.857. The van der Waals surface area contributed by atoms with E-state index in [1.54, 1.807) is 6.08 Å². The van der Waals surface area contributed by atoms with Gasteiger partial charge in [-0.1, -0.05) is 30.1 Å². The van der Waals surface area contributed by atoms with E-state index in [1.165, 1.54) is 5.54 Å². The van der Waals surface area contributed by atoms with E-state index in [0.29, 0.717) is 11.6 Å². The van der Waals surface area contributed by atoms with Crippen molar-refractivity contribution in [3.8, 4) is 5.75 Å². The first-order valence-corrected chi connectivity index (χ1v) is 6.40. The standard InChI is InChI=1S/C13H17Cl2NO/c1-2-12(16)9-10-8-11(15)4-5-13(10)17-7-3-6-14/h3-6,8,12H,2,7,9,16H2,1H3/b6-3+. The number of rotatable bonds is 6. The zero-order valence-corrected chi connectivity index (χ0v) is 11.3. The zero-order valence-electron chi connectivity index (χ0n) is 9.83. The summed E-state index contributed by atoms with van der Waals surface area (Å²) in [7, 11) is 0. The van der Waals surface area contributed by atoms with Gasteiger partial charge in [-0.2, -0.15) is 0 Å². The highest BCUT2D eigenvalue weighted by molar-refractivity contribution is 6.30. The lowest BCUT2D eigenvalue weighted by Gasteiger charge is -2.14. The van der Waals surface area contributed by atoms with E-state index in [2.05, 4.69) is 6.92 Å². The van der Waals surface area contributed by atoms with Crippen molar-refractivity contribution in [2.24, 2.45) is 5.73 Å². The van der Waals surface area contributed by atoms with Gasteiger partial charge in [0, 0.05) is 16.6 Å². The van der Waals surface area contributed by atoms with Gasteiger partial charge < -0.3 is 10.5 Å². The monoisotopic (exact) mass is 273 g/mol. The molecule has 0 aliphatic rings. The Hall–Kier alpha value is -0.700. The molecule has 2 N–H and O–H groups in total. The SMILES string of the molecule is CCC(N)Cc1cc(Cl)ccc1OC/C=C/Cl. The Morgan fingerprint density at radius 3 is 2.88 bits per heavy atom. The Balaban J connectivity index is 2.79. The van der Waals surface area contributed by atoms with Crippen LogP contribution in [-0.2, 0) is 6.42 Å². The smallest absolute Gasteiger partial charge is 0.123 e. The van der Waals surface area contributed by atoms with E-state index in [4.69, 9.17) is 33.7 Å². The normalized spacial score (nSPS) is 12.9. The van der Waals surface area contributed by atoms with Crippen molar-refractivity contribution in [1.29, 1.82) is 0 Å². The number of nitrogens with two attached hydrogens (primary N) is 1. The van der Waals surface area contributed by atoms with Gasteiger partial charge in [0.2, 0.25) is 0 Å². The van der Waals surface area contributed by atoms with Crippen LogP contribution in [0.15, 0.2) is 29.8 Å². The van der Waals surface area contributed by atoms with Crippen LogP contribution in [0.5, 0.6) is 5.75 Å². The summed E-state index contributed by atoms with van der Waals surface area (Å²) in [6.45, 7) is 2.51. The van der Waals surface area contributed by atoms with Gasteiger partial charge in [0.1, 0.15) is 12.4 Å². The number of halogens is 2. The van der Waals surface area contributed by atoms with E-state index >= 15 is 0 Å². The second-order valence-corrected chi connectivity index (χ2v) is 4.49. The molecule has 0 aliphatic heterocycles. The highest BCUT2D eigenvalue weighted by atomic mass is 35.5. The average Bonchev–Trinajstić information content (AvgIpc) is 2.32. The molecule has 0 radical (unpaired) electrons. The fraction of sp³-hybridized carbons (Fsp3) is 0.385. The fourth-order valence-electron chi connectivity index (χ4n) is 1.45. The van der Waals surface area contributed by atoms with E-state index in [0.717, 1.165) is 24.2 Å². The van der Waals surface area contributed by atoms with Crippen molar-refractivity contribution >= 4 is 23.2 Å². The molecule has 0 aromatic heterocycles. The van der Waals surface area contributed by atoms with Crippen LogP contribution < -0.4 is 10.5 Å². The van der Waals surface area contributed by atoms with Crippen molar-refractivity contribution in [1.82, 2.24) is 0 Å². The summed E-state index contributed by atoms with van der Waals surface area (Å²) >= 11 is 11.4. The maximum atomic E-state index is 5.97.